The Balaban J connectivity index is 1.55. The molecule has 0 amide bonds. The first-order chi connectivity index (χ1) is 12.7. The number of ether oxygens (including phenoxy) is 1. The molecule has 0 saturated carbocycles. The SMILES string of the molecule is Cc1nnc(-c2cccc(-c3ccc(C(C)N4CCOCC4)cc3)c2)o1. The summed E-state index contributed by atoms with van der Waals surface area (Å²) in [6.45, 7) is 7.70. The first kappa shape index (κ1) is 16.9. The number of morpholine rings is 1. The Labute approximate surface area is 153 Å². The monoisotopic (exact) mass is 349 g/mol. The van der Waals surface area contributed by atoms with Gasteiger partial charge in [-0.1, -0.05) is 36.4 Å². The van der Waals surface area contributed by atoms with Crippen LogP contribution in [0.3, 0.4) is 0 Å². The van der Waals surface area contributed by atoms with Crippen molar-refractivity contribution in [3.05, 3.63) is 60.0 Å². The summed E-state index contributed by atoms with van der Waals surface area (Å²) in [6.07, 6.45) is 0. The molecule has 0 bridgehead atoms. The lowest BCUT2D eigenvalue weighted by Crippen LogP contribution is -2.37. The van der Waals surface area contributed by atoms with Crippen LogP contribution in [0.4, 0.5) is 0 Å². The molecule has 4 rings (SSSR count). The fraction of sp³-hybridized carbons (Fsp3) is 0.333. The van der Waals surface area contributed by atoms with Gasteiger partial charge in [-0.05, 0) is 35.7 Å². The molecule has 0 radical (unpaired) electrons. The molecule has 5 heteroatoms. The van der Waals surface area contributed by atoms with Crippen LogP contribution in [0, 0.1) is 6.92 Å². The highest BCUT2D eigenvalue weighted by Crippen LogP contribution is 2.28. The number of rotatable bonds is 4. The van der Waals surface area contributed by atoms with Gasteiger partial charge in [0.05, 0.1) is 13.2 Å². The average Bonchev–Trinajstić information content (AvgIpc) is 3.15. The maximum Gasteiger partial charge on any atom is 0.247 e. The summed E-state index contributed by atoms with van der Waals surface area (Å²) >= 11 is 0. The molecule has 1 fully saturated rings. The molecule has 0 spiro atoms. The van der Waals surface area contributed by atoms with Gasteiger partial charge in [-0.3, -0.25) is 4.90 Å². The molecule has 1 unspecified atom stereocenters. The van der Waals surface area contributed by atoms with E-state index >= 15 is 0 Å². The van der Waals surface area contributed by atoms with Crippen molar-refractivity contribution < 1.29 is 9.15 Å². The van der Waals surface area contributed by atoms with Crippen LogP contribution in [-0.2, 0) is 4.74 Å². The van der Waals surface area contributed by atoms with E-state index in [1.165, 1.54) is 11.1 Å². The Morgan fingerprint density at radius 2 is 1.65 bits per heavy atom. The van der Waals surface area contributed by atoms with Crippen LogP contribution < -0.4 is 0 Å². The van der Waals surface area contributed by atoms with Gasteiger partial charge in [0.25, 0.3) is 0 Å². The molecule has 1 aliphatic rings. The minimum atomic E-state index is 0.403. The highest BCUT2D eigenvalue weighted by molar-refractivity contribution is 5.69. The second-order valence-corrected chi connectivity index (χ2v) is 6.65. The van der Waals surface area contributed by atoms with E-state index in [4.69, 9.17) is 9.15 Å². The van der Waals surface area contributed by atoms with Crippen LogP contribution in [-0.4, -0.2) is 41.4 Å². The van der Waals surface area contributed by atoms with Crippen LogP contribution in [0.25, 0.3) is 22.6 Å². The Bertz CT molecular complexity index is 867. The van der Waals surface area contributed by atoms with E-state index in [1.807, 2.05) is 12.1 Å². The van der Waals surface area contributed by atoms with Gasteiger partial charge < -0.3 is 9.15 Å². The molecule has 1 aliphatic heterocycles. The summed E-state index contributed by atoms with van der Waals surface area (Å²) in [4.78, 5) is 2.47. The zero-order valence-corrected chi connectivity index (χ0v) is 15.2. The van der Waals surface area contributed by atoms with Gasteiger partial charge in [-0.2, -0.15) is 0 Å². The largest absolute Gasteiger partial charge is 0.421 e. The Kier molecular flexibility index (Phi) is 4.82. The van der Waals surface area contributed by atoms with Crippen molar-refractivity contribution >= 4 is 0 Å². The number of hydrogen-bond acceptors (Lipinski definition) is 5. The number of benzene rings is 2. The third-order valence-corrected chi connectivity index (χ3v) is 4.96. The predicted molar refractivity (Wildman–Crippen MR) is 101 cm³/mol. The maximum absolute atomic E-state index is 5.54. The smallest absolute Gasteiger partial charge is 0.247 e. The van der Waals surface area contributed by atoms with Crippen LogP contribution in [0.1, 0.15) is 24.4 Å². The van der Waals surface area contributed by atoms with Gasteiger partial charge in [-0.25, -0.2) is 0 Å². The molecule has 0 aliphatic carbocycles. The molecule has 134 valence electrons. The number of aryl methyl sites for hydroxylation is 1. The lowest BCUT2D eigenvalue weighted by Gasteiger charge is -2.32. The van der Waals surface area contributed by atoms with Gasteiger partial charge in [0.2, 0.25) is 11.8 Å². The number of aromatic nitrogens is 2. The van der Waals surface area contributed by atoms with Crippen molar-refractivity contribution in [1.29, 1.82) is 0 Å². The van der Waals surface area contributed by atoms with Crippen molar-refractivity contribution in [1.82, 2.24) is 15.1 Å². The quantitative estimate of drug-likeness (QED) is 0.710. The summed E-state index contributed by atoms with van der Waals surface area (Å²) in [6, 6.07) is 17.4. The van der Waals surface area contributed by atoms with Crippen LogP contribution in [0.5, 0.6) is 0 Å². The molecule has 1 saturated heterocycles. The molecule has 5 nitrogen and oxygen atoms in total. The zero-order chi connectivity index (χ0) is 17.9. The van der Waals surface area contributed by atoms with E-state index in [0.29, 0.717) is 17.8 Å². The predicted octanol–water partition coefficient (Wildman–Crippen LogP) is 4.11. The van der Waals surface area contributed by atoms with E-state index in [2.05, 4.69) is 58.4 Å². The van der Waals surface area contributed by atoms with Crippen molar-refractivity contribution in [3.8, 4) is 22.6 Å². The molecule has 2 heterocycles. The van der Waals surface area contributed by atoms with Crippen LogP contribution >= 0.6 is 0 Å². The maximum atomic E-state index is 5.54. The van der Waals surface area contributed by atoms with E-state index in [1.54, 1.807) is 6.92 Å². The van der Waals surface area contributed by atoms with Crippen molar-refractivity contribution in [2.45, 2.75) is 19.9 Å². The summed E-state index contributed by atoms with van der Waals surface area (Å²) < 4.78 is 11.0. The topological polar surface area (TPSA) is 51.4 Å². The number of nitrogens with zero attached hydrogens (tertiary/aromatic N) is 3. The Morgan fingerprint density at radius 3 is 2.35 bits per heavy atom. The van der Waals surface area contributed by atoms with Crippen LogP contribution in [0.2, 0.25) is 0 Å². The molecular weight excluding hydrogens is 326 g/mol. The fourth-order valence-corrected chi connectivity index (χ4v) is 3.37. The summed E-state index contributed by atoms with van der Waals surface area (Å²) in [5.41, 5.74) is 4.60. The van der Waals surface area contributed by atoms with Crippen molar-refractivity contribution in [3.63, 3.8) is 0 Å². The standard InChI is InChI=1S/C21H23N3O2/c1-15(24-10-12-25-13-11-24)17-6-8-18(9-7-17)19-4-3-5-20(14-19)21-23-22-16(2)26-21/h3-9,14-15H,10-13H2,1-2H3. The van der Waals surface area contributed by atoms with Crippen molar-refractivity contribution in [2.24, 2.45) is 0 Å². The lowest BCUT2D eigenvalue weighted by molar-refractivity contribution is 0.0198. The minimum absolute atomic E-state index is 0.403. The van der Waals surface area contributed by atoms with Crippen LogP contribution in [0.15, 0.2) is 52.9 Å². The first-order valence-corrected chi connectivity index (χ1v) is 9.03. The first-order valence-electron chi connectivity index (χ1n) is 9.03. The lowest BCUT2D eigenvalue weighted by atomic mass is 9.99. The number of hydrogen-bond donors (Lipinski definition) is 0. The van der Waals surface area contributed by atoms with Gasteiger partial charge in [-0.15, -0.1) is 10.2 Å². The molecule has 3 aromatic rings. The summed E-state index contributed by atoms with van der Waals surface area (Å²) in [7, 11) is 0. The van der Waals surface area contributed by atoms with Gasteiger partial charge in [0, 0.05) is 31.6 Å². The second-order valence-electron chi connectivity index (χ2n) is 6.65. The normalized spacial score (nSPS) is 16.5. The Hall–Kier alpha value is -2.50. The molecular formula is C21H23N3O2. The van der Waals surface area contributed by atoms with Gasteiger partial charge in [0.1, 0.15) is 0 Å². The zero-order valence-electron chi connectivity index (χ0n) is 15.2. The summed E-state index contributed by atoms with van der Waals surface area (Å²) in [5.74, 6) is 1.13. The van der Waals surface area contributed by atoms with E-state index < -0.39 is 0 Å². The third kappa shape index (κ3) is 3.54. The minimum Gasteiger partial charge on any atom is -0.421 e. The van der Waals surface area contributed by atoms with E-state index in [-0.39, 0.29) is 0 Å². The fourth-order valence-electron chi connectivity index (χ4n) is 3.37. The molecule has 1 aromatic heterocycles. The molecule has 26 heavy (non-hydrogen) atoms. The molecule has 1 atom stereocenters. The average molecular weight is 349 g/mol. The second kappa shape index (κ2) is 7.40. The highest BCUT2D eigenvalue weighted by Gasteiger charge is 2.18. The molecule has 2 aromatic carbocycles. The summed E-state index contributed by atoms with van der Waals surface area (Å²) in [5, 5.41) is 8.02. The van der Waals surface area contributed by atoms with Crippen molar-refractivity contribution in [2.75, 3.05) is 26.3 Å². The van der Waals surface area contributed by atoms with Gasteiger partial charge in [0.15, 0.2) is 0 Å². The highest BCUT2D eigenvalue weighted by atomic mass is 16.5. The van der Waals surface area contributed by atoms with E-state index in [9.17, 15) is 0 Å². The third-order valence-electron chi connectivity index (χ3n) is 4.96. The molecule has 0 N–H and O–H groups in total. The Morgan fingerprint density at radius 1 is 0.923 bits per heavy atom. The van der Waals surface area contributed by atoms with Gasteiger partial charge >= 0.3 is 0 Å². The van der Waals surface area contributed by atoms with E-state index in [0.717, 1.165) is 37.4 Å².